The number of benzene rings is 3. The lowest BCUT2D eigenvalue weighted by Crippen LogP contribution is -2.51. The molecule has 208 valence electrons. The molecular weight excluding hydrogens is 514 g/mol. The molecule has 3 rings (SSSR count). The van der Waals surface area contributed by atoms with Crippen molar-refractivity contribution in [1.82, 2.24) is 10.2 Å². The molecule has 1 N–H and O–H groups in total. The molecule has 0 saturated heterocycles. The number of anilines is 1. The number of amides is 2. The van der Waals surface area contributed by atoms with Crippen LogP contribution in [-0.2, 0) is 26.2 Å². The van der Waals surface area contributed by atoms with E-state index in [4.69, 9.17) is 4.74 Å². The van der Waals surface area contributed by atoms with Gasteiger partial charge in [-0.15, -0.1) is 0 Å². The molecule has 0 aliphatic heterocycles. The van der Waals surface area contributed by atoms with Crippen molar-refractivity contribution in [2.75, 3.05) is 24.5 Å². The lowest BCUT2D eigenvalue weighted by molar-refractivity contribution is -0.139. The van der Waals surface area contributed by atoms with Crippen molar-refractivity contribution in [1.29, 1.82) is 0 Å². The van der Waals surface area contributed by atoms with Crippen LogP contribution in [0.25, 0.3) is 0 Å². The fourth-order valence-corrected chi connectivity index (χ4v) is 5.44. The van der Waals surface area contributed by atoms with E-state index >= 15 is 0 Å². The largest absolute Gasteiger partial charge is 0.497 e. The number of sulfonamides is 1. The van der Waals surface area contributed by atoms with Gasteiger partial charge in [-0.25, -0.2) is 8.42 Å². The minimum Gasteiger partial charge on any atom is -0.497 e. The molecular formula is C30H37N3O5S. The molecule has 0 fully saturated rings. The predicted octanol–water partition coefficient (Wildman–Crippen LogP) is 4.53. The number of carbonyl (C=O) groups excluding carboxylic acids is 2. The van der Waals surface area contributed by atoms with Crippen molar-refractivity contribution in [3.8, 4) is 5.75 Å². The average molecular weight is 552 g/mol. The number of nitrogens with zero attached hydrogens (tertiary/aromatic N) is 2. The zero-order valence-electron chi connectivity index (χ0n) is 23.0. The highest BCUT2D eigenvalue weighted by atomic mass is 32.2. The third-order valence-corrected chi connectivity index (χ3v) is 8.23. The second-order valence-corrected chi connectivity index (χ2v) is 11.2. The summed E-state index contributed by atoms with van der Waals surface area (Å²) in [5.74, 6) is -0.122. The Bertz CT molecular complexity index is 1330. The summed E-state index contributed by atoms with van der Waals surface area (Å²) in [6, 6.07) is 21.3. The maximum atomic E-state index is 13.9. The fraction of sp³-hybridized carbons (Fsp3) is 0.333. The Morgan fingerprint density at radius 2 is 1.59 bits per heavy atom. The number of hydrogen-bond donors (Lipinski definition) is 1. The Morgan fingerprint density at radius 3 is 2.18 bits per heavy atom. The highest BCUT2D eigenvalue weighted by Gasteiger charge is 2.32. The fourth-order valence-electron chi connectivity index (χ4n) is 4.01. The van der Waals surface area contributed by atoms with Gasteiger partial charge >= 0.3 is 0 Å². The molecule has 39 heavy (non-hydrogen) atoms. The molecule has 0 bridgehead atoms. The minimum atomic E-state index is -4.07. The first-order valence-electron chi connectivity index (χ1n) is 13.0. The molecule has 0 heterocycles. The van der Waals surface area contributed by atoms with Crippen LogP contribution < -0.4 is 14.4 Å². The van der Waals surface area contributed by atoms with Gasteiger partial charge in [0.2, 0.25) is 11.8 Å². The number of methoxy groups -OCH3 is 1. The van der Waals surface area contributed by atoms with E-state index in [1.807, 2.05) is 26.0 Å². The van der Waals surface area contributed by atoms with Gasteiger partial charge in [-0.05, 0) is 62.2 Å². The summed E-state index contributed by atoms with van der Waals surface area (Å²) in [4.78, 5) is 28.4. The highest BCUT2D eigenvalue weighted by molar-refractivity contribution is 7.92. The summed E-state index contributed by atoms with van der Waals surface area (Å²) < 4.78 is 33.8. The van der Waals surface area contributed by atoms with Crippen LogP contribution in [0.3, 0.4) is 0 Å². The summed E-state index contributed by atoms with van der Waals surface area (Å²) in [5.41, 5.74) is 2.10. The Kier molecular flexibility index (Phi) is 10.5. The van der Waals surface area contributed by atoms with Crippen LogP contribution in [0.15, 0.2) is 83.8 Å². The number of nitrogens with one attached hydrogen (secondary N) is 1. The number of rotatable bonds is 13. The van der Waals surface area contributed by atoms with Gasteiger partial charge in [0.05, 0.1) is 17.7 Å². The molecule has 0 unspecified atom stereocenters. The number of carbonyl (C=O) groups is 2. The van der Waals surface area contributed by atoms with Gasteiger partial charge in [0, 0.05) is 13.1 Å². The van der Waals surface area contributed by atoms with E-state index in [9.17, 15) is 18.0 Å². The second kappa shape index (κ2) is 13.8. The zero-order valence-corrected chi connectivity index (χ0v) is 23.8. The number of ether oxygens (including phenoxy) is 1. The summed E-state index contributed by atoms with van der Waals surface area (Å²) in [6.45, 7) is 5.75. The Morgan fingerprint density at radius 1 is 0.949 bits per heavy atom. The van der Waals surface area contributed by atoms with Crippen molar-refractivity contribution in [3.05, 3.63) is 90.0 Å². The molecule has 0 aromatic heterocycles. The van der Waals surface area contributed by atoms with Crippen molar-refractivity contribution in [2.24, 2.45) is 0 Å². The lowest BCUT2D eigenvalue weighted by Gasteiger charge is -2.32. The molecule has 3 aromatic rings. The number of unbranched alkanes of at least 4 members (excludes halogenated alkanes) is 1. The van der Waals surface area contributed by atoms with Gasteiger partial charge in [0.25, 0.3) is 10.0 Å². The SMILES string of the molecule is CCCCNC(=O)[C@H](C)N(Cc1ccc(OC)cc1)C(=O)CN(c1ccc(C)cc1)S(=O)(=O)c1ccccc1. The normalized spacial score (nSPS) is 11.9. The molecule has 0 radical (unpaired) electrons. The Balaban J connectivity index is 1.97. The maximum Gasteiger partial charge on any atom is 0.264 e. The van der Waals surface area contributed by atoms with E-state index in [1.165, 1.54) is 17.0 Å². The monoisotopic (exact) mass is 551 g/mol. The lowest BCUT2D eigenvalue weighted by atomic mass is 10.1. The first-order chi connectivity index (χ1) is 18.7. The number of hydrogen-bond acceptors (Lipinski definition) is 5. The molecule has 1 atom stereocenters. The van der Waals surface area contributed by atoms with Crippen molar-refractivity contribution in [2.45, 2.75) is 51.1 Å². The summed E-state index contributed by atoms with van der Waals surface area (Å²) in [6.07, 6.45) is 1.74. The quantitative estimate of drug-likeness (QED) is 0.315. The third kappa shape index (κ3) is 7.83. The van der Waals surface area contributed by atoms with Crippen molar-refractivity contribution >= 4 is 27.5 Å². The average Bonchev–Trinajstić information content (AvgIpc) is 2.95. The van der Waals surface area contributed by atoms with Gasteiger partial charge in [-0.2, -0.15) is 0 Å². The molecule has 0 spiro atoms. The standard InChI is InChI=1S/C30H37N3O5S/c1-5-6-20-31-30(35)24(3)32(21-25-14-18-27(38-4)19-15-25)29(34)22-33(26-16-12-23(2)13-17-26)39(36,37)28-10-8-7-9-11-28/h7-19,24H,5-6,20-22H2,1-4H3,(H,31,35)/t24-/m0/s1. The zero-order chi connectivity index (χ0) is 28.4. The minimum absolute atomic E-state index is 0.0745. The molecule has 0 aliphatic carbocycles. The van der Waals surface area contributed by atoms with Crippen LogP contribution in [0.1, 0.15) is 37.8 Å². The van der Waals surface area contributed by atoms with Crippen LogP contribution in [0, 0.1) is 6.92 Å². The topological polar surface area (TPSA) is 96.0 Å². The van der Waals surface area contributed by atoms with Gasteiger partial charge in [0.15, 0.2) is 0 Å². The van der Waals surface area contributed by atoms with Crippen LogP contribution >= 0.6 is 0 Å². The van der Waals surface area contributed by atoms with Crippen LogP contribution in [0.4, 0.5) is 5.69 Å². The van der Waals surface area contributed by atoms with E-state index in [0.29, 0.717) is 18.0 Å². The van der Waals surface area contributed by atoms with Crippen LogP contribution in [0.5, 0.6) is 5.75 Å². The van der Waals surface area contributed by atoms with Gasteiger partial charge in [0.1, 0.15) is 18.3 Å². The molecule has 0 aliphatic rings. The highest BCUT2D eigenvalue weighted by Crippen LogP contribution is 2.25. The summed E-state index contributed by atoms with van der Waals surface area (Å²) in [7, 11) is -2.50. The van der Waals surface area contributed by atoms with E-state index in [0.717, 1.165) is 28.3 Å². The van der Waals surface area contributed by atoms with Gasteiger partial charge < -0.3 is 15.0 Å². The molecule has 3 aromatic carbocycles. The van der Waals surface area contributed by atoms with Gasteiger partial charge in [-0.3, -0.25) is 13.9 Å². The second-order valence-electron chi connectivity index (χ2n) is 9.35. The third-order valence-electron chi connectivity index (χ3n) is 6.44. The number of aryl methyl sites for hydroxylation is 1. The van der Waals surface area contributed by atoms with E-state index in [-0.39, 0.29) is 17.3 Å². The van der Waals surface area contributed by atoms with E-state index in [2.05, 4.69) is 5.32 Å². The van der Waals surface area contributed by atoms with Gasteiger partial charge in [-0.1, -0.05) is 61.4 Å². The first-order valence-corrected chi connectivity index (χ1v) is 14.5. The molecule has 8 nitrogen and oxygen atoms in total. The summed E-state index contributed by atoms with van der Waals surface area (Å²) in [5, 5.41) is 2.89. The van der Waals surface area contributed by atoms with Crippen molar-refractivity contribution < 1.29 is 22.7 Å². The molecule has 2 amide bonds. The maximum absolute atomic E-state index is 13.9. The Labute approximate surface area is 231 Å². The van der Waals surface area contributed by atoms with Crippen LogP contribution in [-0.4, -0.2) is 51.4 Å². The van der Waals surface area contributed by atoms with E-state index < -0.39 is 28.5 Å². The summed E-state index contributed by atoms with van der Waals surface area (Å²) >= 11 is 0. The Hall–Kier alpha value is -3.85. The predicted molar refractivity (Wildman–Crippen MR) is 153 cm³/mol. The molecule has 9 heteroatoms. The van der Waals surface area contributed by atoms with E-state index in [1.54, 1.807) is 68.6 Å². The smallest absolute Gasteiger partial charge is 0.264 e. The molecule has 0 saturated carbocycles. The van der Waals surface area contributed by atoms with Crippen LogP contribution in [0.2, 0.25) is 0 Å². The first kappa shape index (κ1) is 29.7. The van der Waals surface area contributed by atoms with Crippen molar-refractivity contribution in [3.63, 3.8) is 0 Å².